The predicted octanol–water partition coefficient (Wildman–Crippen LogP) is 0.340. The third kappa shape index (κ3) is 1.64. The molecule has 1 heterocycles. The van der Waals surface area contributed by atoms with Crippen LogP contribution in [0.5, 0.6) is 0 Å². The molecular weight excluding hydrogens is 122 g/mol. The van der Waals surface area contributed by atoms with Crippen LogP contribution in [0.3, 0.4) is 0 Å². The second-order valence-electron chi connectivity index (χ2n) is 2.62. The fourth-order valence-electron chi connectivity index (χ4n) is 1.06. The zero-order valence-corrected chi connectivity index (χ0v) is 5.99. The SMILES string of the molecule is C[C@H]1CC[C@H](Cl)C[NH2+]1. The maximum atomic E-state index is 5.85. The largest absolute Gasteiger partial charge is 0.343 e. The summed E-state index contributed by atoms with van der Waals surface area (Å²) in [5.41, 5.74) is 0. The fraction of sp³-hybridized carbons (Fsp3) is 1.00. The zero-order chi connectivity index (χ0) is 5.98. The molecule has 0 amide bonds. The standard InChI is InChI=1S/C6H12ClN/c1-5-2-3-6(7)4-8-5/h5-6,8H,2-4H2,1H3/p+1/t5-,6-/m0/s1. The van der Waals surface area contributed by atoms with Crippen LogP contribution in [0.15, 0.2) is 0 Å². The summed E-state index contributed by atoms with van der Waals surface area (Å²) in [6.45, 7) is 3.37. The molecule has 2 atom stereocenters. The van der Waals surface area contributed by atoms with Gasteiger partial charge in [0.1, 0.15) is 0 Å². The summed E-state index contributed by atoms with van der Waals surface area (Å²) in [4.78, 5) is 0. The fourth-order valence-corrected chi connectivity index (χ4v) is 1.29. The zero-order valence-electron chi connectivity index (χ0n) is 5.23. The first-order valence-corrected chi connectivity index (χ1v) is 3.70. The first-order chi connectivity index (χ1) is 3.79. The number of halogens is 1. The van der Waals surface area contributed by atoms with E-state index in [1.165, 1.54) is 12.8 Å². The van der Waals surface area contributed by atoms with Crippen LogP contribution in [0.25, 0.3) is 0 Å². The Morgan fingerprint density at radius 3 is 2.62 bits per heavy atom. The van der Waals surface area contributed by atoms with E-state index in [0.29, 0.717) is 5.38 Å². The Morgan fingerprint density at radius 2 is 2.25 bits per heavy atom. The van der Waals surface area contributed by atoms with Crippen molar-refractivity contribution < 1.29 is 5.32 Å². The summed E-state index contributed by atoms with van der Waals surface area (Å²) in [5, 5.41) is 2.76. The Kier molecular flexibility index (Phi) is 2.15. The third-order valence-electron chi connectivity index (χ3n) is 1.73. The average Bonchev–Trinajstić information content (AvgIpc) is 1.77. The topological polar surface area (TPSA) is 16.6 Å². The Labute approximate surface area is 55.4 Å². The Hall–Kier alpha value is 0.250. The van der Waals surface area contributed by atoms with Crippen molar-refractivity contribution >= 4 is 11.6 Å². The molecule has 1 aliphatic rings. The van der Waals surface area contributed by atoms with Crippen LogP contribution < -0.4 is 5.32 Å². The number of hydrogen-bond donors (Lipinski definition) is 1. The highest BCUT2D eigenvalue weighted by atomic mass is 35.5. The van der Waals surface area contributed by atoms with Crippen molar-refractivity contribution in [3.8, 4) is 0 Å². The highest BCUT2D eigenvalue weighted by Crippen LogP contribution is 2.07. The lowest BCUT2D eigenvalue weighted by molar-refractivity contribution is -0.693. The van der Waals surface area contributed by atoms with Gasteiger partial charge in [-0.1, -0.05) is 0 Å². The quantitative estimate of drug-likeness (QED) is 0.461. The lowest BCUT2D eigenvalue weighted by Gasteiger charge is -2.19. The van der Waals surface area contributed by atoms with Crippen molar-refractivity contribution in [1.82, 2.24) is 0 Å². The van der Waals surface area contributed by atoms with Gasteiger partial charge in [-0.3, -0.25) is 0 Å². The highest BCUT2D eigenvalue weighted by molar-refractivity contribution is 6.20. The molecule has 1 saturated heterocycles. The van der Waals surface area contributed by atoms with Crippen molar-refractivity contribution in [3.63, 3.8) is 0 Å². The number of piperidine rings is 1. The molecule has 48 valence electrons. The molecule has 1 nitrogen and oxygen atoms in total. The van der Waals surface area contributed by atoms with E-state index in [2.05, 4.69) is 12.2 Å². The molecule has 1 fully saturated rings. The van der Waals surface area contributed by atoms with E-state index in [1.54, 1.807) is 0 Å². The minimum atomic E-state index is 0.436. The van der Waals surface area contributed by atoms with Crippen LogP contribution in [0, 0.1) is 0 Å². The van der Waals surface area contributed by atoms with Gasteiger partial charge in [0.15, 0.2) is 0 Å². The molecule has 0 bridgehead atoms. The van der Waals surface area contributed by atoms with Crippen LogP contribution in [0.1, 0.15) is 19.8 Å². The molecule has 1 aliphatic heterocycles. The Balaban J connectivity index is 2.19. The highest BCUT2D eigenvalue weighted by Gasteiger charge is 2.17. The molecular formula is C6H13ClN+. The van der Waals surface area contributed by atoms with E-state index in [-0.39, 0.29) is 0 Å². The van der Waals surface area contributed by atoms with Gasteiger partial charge < -0.3 is 5.32 Å². The van der Waals surface area contributed by atoms with Crippen LogP contribution >= 0.6 is 11.6 Å². The summed E-state index contributed by atoms with van der Waals surface area (Å²) < 4.78 is 0. The van der Waals surface area contributed by atoms with E-state index in [4.69, 9.17) is 11.6 Å². The maximum absolute atomic E-state index is 5.85. The van der Waals surface area contributed by atoms with E-state index < -0.39 is 0 Å². The van der Waals surface area contributed by atoms with Gasteiger partial charge in [0.25, 0.3) is 0 Å². The molecule has 0 spiro atoms. The number of quaternary nitrogens is 1. The molecule has 8 heavy (non-hydrogen) atoms. The molecule has 0 aromatic rings. The van der Waals surface area contributed by atoms with Crippen LogP contribution in [0.2, 0.25) is 0 Å². The molecule has 0 aliphatic carbocycles. The smallest absolute Gasteiger partial charge is 0.0923 e. The van der Waals surface area contributed by atoms with Crippen molar-refractivity contribution in [2.24, 2.45) is 0 Å². The number of rotatable bonds is 0. The monoisotopic (exact) mass is 134 g/mol. The molecule has 0 unspecified atom stereocenters. The maximum Gasteiger partial charge on any atom is 0.0923 e. The second-order valence-corrected chi connectivity index (χ2v) is 3.24. The van der Waals surface area contributed by atoms with E-state index in [0.717, 1.165) is 12.6 Å². The van der Waals surface area contributed by atoms with Gasteiger partial charge in [0.05, 0.1) is 18.0 Å². The number of hydrogen-bond acceptors (Lipinski definition) is 0. The molecule has 2 heteroatoms. The first-order valence-electron chi connectivity index (χ1n) is 3.26. The Bertz CT molecular complexity index is 56.9. The molecule has 0 radical (unpaired) electrons. The van der Waals surface area contributed by atoms with Crippen LogP contribution in [-0.2, 0) is 0 Å². The van der Waals surface area contributed by atoms with Gasteiger partial charge in [-0.05, 0) is 13.3 Å². The summed E-state index contributed by atoms with van der Waals surface area (Å²) in [6, 6.07) is 0.810. The molecule has 0 aromatic heterocycles. The van der Waals surface area contributed by atoms with Gasteiger partial charge in [0.2, 0.25) is 0 Å². The van der Waals surface area contributed by atoms with Crippen molar-refractivity contribution in [1.29, 1.82) is 0 Å². The van der Waals surface area contributed by atoms with E-state index >= 15 is 0 Å². The summed E-state index contributed by atoms with van der Waals surface area (Å²) in [7, 11) is 0. The summed E-state index contributed by atoms with van der Waals surface area (Å²) >= 11 is 5.85. The molecule has 0 saturated carbocycles. The second kappa shape index (κ2) is 2.70. The van der Waals surface area contributed by atoms with Crippen LogP contribution in [0.4, 0.5) is 0 Å². The molecule has 1 rings (SSSR count). The van der Waals surface area contributed by atoms with Gasteiger partial charge in [-0.15, -0.1) is 11.6 Å². The van der Waals surface area contributed by atoms with E-state index in [1.807, 2.05) is 0 Å². The van der Waals surface area contributed by atoms with E-state index in [9.17, 15) is 0 Å². The lowest BCUT2D eigenvalue weighted by Crippen LogP contribution is -2.92. The third-order valence-corrected chi connectivity index (χ3v) is 2.13. The minimum Gasteiger partial charge on any atom is -0.343 e. The van der Waals surface area contributed by atoms with Crippen molar-refractivity contribution in [2.45, 2.75) is 31.2 Å². The van der Waals surface area contributed by atoms with Crippen molar-refractivity contribution in [2.75, 3.05) is 6.54 Å². The van der Waals surface area contributed by atoms with Gasteiger partial charge >= 0.3 is 0 Å². The minimum absolute atomic E-state index is 0.436. The van der Waals surface area contributed by atoms with Crippen molar-refractivity contribution in [3.05, 3.63) is 0 Å². The normalized spacial score (nSPS) is 39.8. The number of alkyl halides is 1. The number of nitrogens with two attached hydrogens (primary N) is 1. The average molecular weight is 135 g/mol. The first kappa shape index (κ1) is 6.37. The molecule has 0 aromatic carbocycles. The van der Waals surface area contributed by atoms with Crippen LogP contribution in [-0.4, -0.2) is 18.0 Å². The Morgan fingerprint density at radius 1 is 1.50 bits per heavy atom. The predicted molar refractivity (Wildman–Crippen MR) is 35.1 cm³/mol. The summed E-state index contributed by atoms with van der Waals surface area (Å²) in [5.74, 6) is 0. The van der Waals surface area contributed by atoms with Gasteiger partial charge in [0, 0.05) is 6.42 Å². The summed E-state index contributed by atoms with van der Waals surface area (Å²) in [6.07, 6.45) is 2.49. The molecule has 2 N–H and O–H groups in total. The van der Waals surface area contributed by atoms with Gasteiger partial charge in [-0.2, -0.15) is 0 Å². The van der Waals surface area contributed by atoms with Gasteiger partial charge in [-0.25, -0.2) is 0 Å². The lowest BCUT2D eigenvalue weighted by atomic mass is 10.1.